The molecule has 1 aromatic carbocycles. The van der Waals surface area contributed by atoms with E-state index in [2.05, 4.69) is 9.97 Å². The van der Waals surface area contributed by atoms with Crippen LogP contribution in [0.1, 0.15) is 29.5 Å². The molecule has 3 heterocycles. The number of hydrogen-bond donors (Lipinski definition) is 0. The fourth-order valence-electron chi connectivity index (χ4n) is 5.03. The van der Waals surface area contributed by atoms with Crippen molar-refractivity contribution in [3.63, 3.8) is 0 Å². The molecule has 2 fully saturated rings. The fourth-order valence-corrected chi connectivity index (χ4v) is 6.91. The highest BCUT2D eigenvalue weighted by atomic mass is 32.2. The van der Waals surface area contributed by atoms with Crippen molar-refractivity contribution in [2.45, 2.75) is 38.5 Å². The quantitative estimate of drug-likeness (QED) is 0.638. The first-order valence-electron chi connectivity index (χ1n) is 11.7. The summed E-state index contributed by atoms with van der Waals surface area (Å²) in [5.74, 6) is 1.09. The van der Waals surface area contributed by atoms with Gasteiger partial charge in [0, 0.05) is 57.4 Å². The summed E-state index contributed by atoms with van der Waals surface area (Å²) >= 11 is 0. The minimum absolute atomic E-state index is 0.117. The predicted molar refractivity (Wildman–Crippen MR) is 130 cm³/mol. The zero-order valence-electron chi connectivity index (χ0n) is 20.3. The number of carbonyl (C=O) groups is 1. The Bertz CT molecular complexity index is 1130. The number of amides is 1. The van der Waals surface area contributed by atoms with Gasteiger partial charge in [0.05, 0.1) is 12.0 Å². The number of benzene rings is 1. The summed E-state index contributed by atoms with van der Waals surface area (Å²) in [4.78, 5) is 26.2. The molecular formula is C24H33N5O4S. The number of nitrogens with zero attached hydrogens (tertiary/aromatic N) is 5. The van der Waals surface area contributed by atoms with Crippen molar-refractivity contribution in [1.29, 1.82) is 0 Å². The zero-order valence-corrected chi connectivity index (χ0v) is 21.1. The normalized spacial score (nSPS) is 18.2. The maximum absolute atomic E-state index is 13.3. The Labute approximate surface area is 201 Å². The maximum atomic E-state index is 13.3. The molecule has 0 bridgehead atoms. The van der Waals surface area contributed by atoms with Gasteiger partial charge in [-0.2, -0.15) is 9.29 Å². The lowest BCUT2D eigenvalue weighted by Crippen LogP contribution is -2.52. The third-order valence-electron chi connectivity index (χ3n) is 6.71. The molecule has 1 aromatic heterocycles. The molecule has 0 atom stereocenters. The van der Waals surface area contributed by atoms with Gasteiger partial charge in [0.15, 0.2) is 0 Å². The molecule has 0 N–H and O–H groups in total. The largest absolute Gasteiger partial charge is 0.481 e. The van der Waals surface area contributed by atoms with Crippen molar-refractivity contribution >= 4 is 21.9 Å². The van der Waals surface area contributed by atoms with Gasteiger partial charge in [0.1, 0.15) is 0 Å². The second-order valence-corrected chi connectivity index (χ2v) is 11.0. The third-order valence-corrected chi connectivity index (χ3v) is 8.91. The van der Waals surface area contributed by atoms with E-state index in [1.165, 1.54) is 0 Å². The SMILES string of the molecule is COc1ccnc(N2CCN(C(=O)C3CCN(S(=O)(=O)c4c(C)cc(C)cc4C)CC3)CC2)n1. The minimum Gasteiger partial charge on any atom is -0.481 e. The number of rotatable bonds is 5. The van der Waals surface area contributed by atoms with Crippen LogP contribution in [0, 0.1) is 26.7 Å². The summed E-state index contributed by atoms with van der Waals surface area (Å²) in [7, 11) is -2.01. The number of carbonyl (C=O) groups excluding carboxylic acids is 1. The first-order valence-corrected chi connectivity index (χ1v) is 13.1. The van der Waals surface area contributed by atoms with Crippen LogP contribution in [0.5, 0.6) is 5.88 Å². The summed E-state index contributed by atoms with van der Waals surface area (Å²) in [6, 6.07) is 5.52. The molecule has 0 aliphatic carbocycles. The number of hydrogen-bond acceptors (Lipinski definition) is 7. The molecule has 2 aliphatic rings. The van der Waals surface area contributed by atoms with E-state index < -0.39 is 10.0 Å². The topological polar surface area (TPSA) is 95.9 Å². The molecule has 0 unspecified atom stereocenters. The molecule has 9 nitrogen and oxygen atoms in total. The van der Waals surface area contributed by atoms with Crippen LogP contribution in [-0.4, -0.2) is 79.9 Å². The van der Waals surface area contributed by atoms with Gasteiger partial charge >= 0.3 is 0 Å². The van der Waals surface area contributed by atoms with Crippen molar-refractivity contribution in [2.24, 2.45) is 5.92 Å². The molecule has 0 radical (unpaired) electrons. The van der Waals surface area contributed by atoms with Crippen LogP contribution in [-0.2, 0) is 14.8 Å². The first kappa shape index (κ1) is 24.4. The molecule has 34 heavy (non-hydrogen) atoms. The summed E-state index contributed by atoms with van der Waals surface area (Å²) in [6.07, 6.45) is 2.75. The monoisotopic (exact) mass is 487 g/mol. The van der Waals surface area contributed by atoms with Crippen molar-refractivity contribution in [3.8, 4) is 5.88 Å². The van der Waals surface area contributed by atoms with Crippen LogP contribution < -0.4 is 9.64 Å². The van der Waals surface area contributed by atoms with Gasteiger partial charge in [0.2, 0.25) is 27.8 Å². The number of aromatic nitrogens is 2. The van der Waals surface area contributed by atoms with E-state index in [1.54, 1.807) is 23.7 Å². The maximum Gasteiger partial charge on any atom is 0.243 e. The van der Waals surface area contributed by atoms with E-state index in [0.717, 1.165) is 16.7 Å². The van der Waals surface area contributed by atoms with Crippen LogP contribution in [0.3, 0.4) is 0 Å². The lowest BCUT2D eigenvalue weighted by molar-refractivity contribution is -0.137. The molecule has 2 aromatic rings. The smallest absolute Gasteiger partial charge is 0.243 e. The molecule has 184 valence electrons. The molecule has 4 rings (SSSR count). The number of aryl methyl sites for hydroxylation is 3. The van der Waals surface area contributed by atoms with Gasteiger partial charge in [-0.25, -0.2) is 13.4 Å². The van der Waals surface area contributed by atoms with Crippen LogP contribution >= 0.6 is 0 Å². The predicted octanol–water partition coefficient (Wildman–Crippen LogP) is 2.16. The van der Waals surface area contributed by atoms with Crippen molar-refractivity contribution in [1.82, 2.24) is 19.2 Å². The average molecular weight is 488 g/mol. The summed E-state index contributed by atoms with van der Waals surface area (Å²) in [6.45, 7) is 8.89. The van der Waals surface area contributed by atoms with Gasteiger partial charge in [0.25, 0.3) is 0 Å². The lowest BCUT2D eigenvalue weighted by Gasteiger charge is -2.38. The summed E-state index contributed by atoms with van der Waals surface area (Å²) in [5.41, 5.74) is 2.60. The summed E-state index contributed by atoms with van der Waals surface area (Å²) in [5, 5.41) is 0. The van der Waals surface area contributed by atoms with Gasteiger partial charge in [-0.05, 0) is 44.7 Å². The van der Waals surface area contributed by atoms with E-state index >= 15 is 0 Å². The highest BCUT2D eigenvalue weighted by molar-refractivity contribution is 7.89. The molecule has 2 aliphatic heterocycles. The number of piperidine rings is 1. The van der Waals surface area contributed by atoms with Gasteiger partial charge in [-0.15, -0.1) is 0 Å². The Morgan fingerprint density at radius 2 is 1.62 bits per heavy atom. The molecule has 1 amide bonds. The average Bonchev–Trinajstić information content (AvgIpc) is 2.83. The Kier molecular flexibility index (Phi) is 7.09. The van der Waals surface area contributed by atoms with Crippen molar-refractivity contribution < 1.29 is 17.9 Å². The molecule has 2 saturated heterocycles. The van der Waals surface area contributed by atoms with E-state index in [9.17, 15) is 13.2 Å². The molecule has 0 spiro atoms. The Balaban J connectivity index is 1.34. The van der Waals surface area contributed by atoms with Crippen molar-refractivity contribution in [2.75, 3.05) is 51.3 Å². The number of anilines is 1. The highest BCUT2D eigenvalue weighted by Crippen LogP contribution is 2.29. The lowest BCUT2D eigenvalue weighted by atomic mass is 9.96. The number of sulfonamides is 1. The van der Waals surface area contributed by atoms with Crippen LogP contribution in [0.4, 0.5) is 5.95 Å². The molecule has 0 saturated carbocycles. The summed E-state index contributed by atoms with van der Waals surface area (Å²) < 4.78 is 33.4. The van der Waals surface area contributed by atoms with E-state index in [1.807, 2.05) is 42.7 Å². The Morgan fingerprint density at radius 1 is 1.00 bits per heavy atom. The number of piperazine rings is 1. The minimum atomic E-state index is -3.58. The van der Waals surface area contributed by atoms with Crippen molar-refractivity contribution in [3.05, 3.63) is 41.1 Å². The molecular weight excluding hydrogens is 454 g/mol. The van der Waals surface area contributed by atoms with E-state index in [0.29, 0.717) is 68.8 Å². The zero-order chi connectivity index (χ0) is 24.5. The second-order valence-electron chi connectivity index (χ2n) is 9.12. The fraction of sp³-hybridized carbons (Fsp3) is 0.542. The molecule has 10 heteroatoms. The van der Waals surface area contributed by atoms with Gasteiger partial charge in [-0.3, -0.25) is 4.79 Å². The third kappa shape index (κ3) is 4.88. The van der Waals surface area contributed by atoms with Crippen LogP contribution in [0.15, 0.2) is 29.3 Å². The first-order chi connectivity index (χ1) is 16.2. The Hall–Kier alpha value is -2.72. The second kappa shape index (κ2) is 9.87. The van der Waals surface area contributed by atoms with Gasteiger partial charge < -0.3 is 14.5 Å². The Morgan fingerprint density at radius 3 is 2.21 bits per heavy atom. The van der Waals surface area contributed by atoms with Crippen LogP contribution in [0.2, 0.25) is 0 Å². The standard InChI is InChI=1S/C24H33N5O4S/c1-17-15-18(2)22(19(3)16-17)34(31,32)29-9-6-20(7-10-29)23(30)27-11-13-28(14-12-27)24-25-8-5-21(26-24)33-4/h5,8,15-16,20H,6-7,9-14H2,1-4H3. The van der Waals surface area contributed by atoms with Gasteiger partial charge in [-0.1, -0.05) is 17.7 Å². The van der Waals surface area contributed by atoms with E-state index in [4.69, 9.17) is 4.74 Å². The number of ether oxygens (including phenoxy) is 1. The number of methoxy groups -OCH3 is 1. The highest BCUT2D eigenvalue weighted by Gasteiger charge is 2.36. The van der Waals surface area contributed by atoms with E-state index in [-0.39, 0.29) is 11.8 Å². The van der Waals surface area contributed by atoms with Crippen LogP contribution in [0.25, 0.3) is 0 Å².